The van der Waals surface area contributed by atoms with Crippen molar-refractivity contribution in [2.45, 2.75) is 39.7 Å². The third-order valence-corrected chi connectivity index (χ3v) is 3.34. The Kier molecular flexibility index (Phi) is 3.80. The normalized spacial score (nSPS) is 16.0. The number of amides is 2. The SMILES string of the molecule is CC(C)(C)CC(CC(=O)O)N1C(=O)c2ccncc2C1=O. The molecule has 0 saturated heterocycles. The molecule has 1 unspecified atom stereocenters. The van der Waals surface area contributed by atoms with Gasteiger partial charge in [-0.2, -0.15) is 0 Å². The van der Waals surface area contributed by atoms with Gasteiger partial charge >= 0.3 is 5.97 Å². The Hall–Kier alpha value is -2.24. The van der Waals surface area contributed by atoms with Crippen molar-refractivity contribution in [3.05, 3.63) is 29.6 Å². The van der Waals surface area contributed by atoms with E-state index in [1.165, 1.54) is 18.5 Å². The van der Waals surface area contributed by atoms with Crippen molar-refractivity contribution in [3.8, 4) is 0 Å². The number of nitrogens with zero attached hydrogens (tertiary/aromatic N) is 2. The molecule has 0 aromatic carbocycles. The number of pyridine rings is 1. The van der Waals surface area contributed by atoms with Gasteiger partial charge in [0.25, 0.3) is 11.8 Å². The van der Waals surface area contributed by atoms with Crippen molar-refractivity contribution in [1.82, 2.24) is 9.88 Å². The molecule has 6 nitrogen and oxygen atoms in total. The van der Waals surface area contributed by atoms with E-state index in [2.05, 4.69) is 4.98 Å². The third-order valence-electron chi connectivity index (χ3n) is 3.34. The standard InChI is InChI=1S/C15H18N2O4/c1-15(2,3)7-9(6-12(18)19)17-13(20)10-4-5-16-8-11(10)14(17)21/h4-5,8-9H,6-7H2,1-3H3,(H,18,19). The summed E-state index contributed by atoms with van der Waals surface area (Å²) < 4.78 is 0. The highest BCUT2D eigenvalue weighted by atomic mass is 16.4. The monoisotopic (exact) mass is 290 g/mol. The number of imide groups is 1. The zero-order valence-corrected chi connectivity index (χ0v) is 12.3. The Balaban J connectivity index is 2.36. The summed E-state index contributed by atoms with van der Waals surface area (Å²) in [6.07, 6.45) is 2.97. The number of fused-ring (bicyclic) bond motifs is 1. The Morgan fingerprint density at radius 3 is 2.43 bits per heavy atom. The molecule has 0 radical (unpaired) electrons. The van der Waals surface area contributed by atoms with Crippen LogP contribution in [-0.2, 0) is 4.79 Å². The summed E-state index contributed by atoms with van der Waals surface area (Å²) in [5.74, 6) is -1.93. The van der Waals surface area contributed by atoms with Crippen molar-refractivity contribution in [2.75, 3.05) is 0 Å². The molecule has 2 heterocycles. The minimum absolute atomic E-state index is 0.201. The molecule has 1 aliphatic rings. The van der Waals surface area contributed by atoms with Crippen LogP contribution in [0.25, 0.3) is 0 Å². The first-order valence-electron chi connectivity index (χ1n) is 6.74. The topological polar surface area (TPSA) is 87.6 Å². The first kappa shape index (κ1) is 15.2. The van der Waals surface area contributed by atoms with Crippen molar-refractivity contribution in [3.63, 3.8) is 0 Å². The maximum absolute atomic E-state index is 12.4. The summed E-state index contributed by atoms with van der Waals surface area (Å²) in [7, 11) is 0. The molecule has 21 heavy (non-hydrogen) atoms. The first-order valence-corrected chi connectivity index (χ1v) is 6.74. The first-order chi connectivity index (χ1) is 9.70. The highest BCUT2D eigenvalue weighted by Gasteiger charge is 2.41. The summed E-state index contributed by atoms with van der Waals surface area (Å²) >= 11 is 0. The third kappa shape index (κ3) is 3.09. The lowest BCUT2D eigenvalue weighted by atomic mass is 9.86. The van der Waals surface area contributed by atoms with E-state index in [0.29, 0.717) is 12.0 Å². The number of hydrogen-bond acceptors (Lipinski definition) is 4. The lowest BCUT2D eigenvalue weighted by molar-refractivity contribution is -0.138. The number of carbonyl (C=O) groups is 3. The van der Waals surface area contributed by atoms with E-state index < -0.39 is 23.8 Å². The van der Waals surface area contributed by atoms with Gasteiger partial charge in [-0.25, -0.2) is 0 Å². The molecule has 2 rings (SSSR count). The average Bonchev–Trinajstić information content (AvgIpc) is 2.59. The smallest absolute Gasteiger partial charge is 0.305 e. The molecule has 112 valence electrons. The fraction of sp³-hybridized carbons (Fsp3) is 0.467. The molecule has 0 bridgehead atoms. The predicted molar refractivity (Wildman–Crippen MR) is 74.8 cm³/mol. The number of rotatable bonds is 4. The van der Waals surface area contributed by atoms with Crippen LogP contribution in [0.1, 0.15) is 54.3 Å². The molecule has 1 aromatic heterocycles. The second-order valence-electron chi connectivity index (χ2n) is 6.42. The second-order valence-corrected chi connectivity index (χ2v) is 6.42. The van der Waals surface area contributed by atoms with Crippen LogP contribution in [0.5, 0.6) is 0 Å². The van der Waals surface area contributed by atoms with Crippen LogP contribution < -0.4 is 0 Å². The lowest BCUT2D eigenvalue weighted by Gasteiger charge is -2.30. The molecule has 1 aromatic rings. The van der Waals surface area contributed by atoms with Crippen LogP contribution >= 0.6 is 0 Å². The van der Waals surface area contributed by atoms with Crippen molar-refractivity contribution in [2.24, 2.45) is 5.41 Å². The van der Waals surface area contributed by atoms with E-state index in [9.17, 15) is 14.4 Å². The average molecular weight is 290 g/mol. The quantitative estimate of drug-likeness (QED) is 0.856. The minimum atomic E-state index is -1.03. The van der Waals surface area contributed by atoms with E-state index in [0.717, 1.165) is 4.90 Å². The van der Waals surface area contributed by atoms with Crippen molar-refractivity contribution >= 4 is 17.8 Å². The highest BCUT2D eigenvalue weighted by Crippen LogP contribution is 2.31. The maximum Gasteiger partial charge on any atom is 0.305 e. The molecule has 1 N–H and O–H groups in total. The van der Waals surface area contributed by atoms with E-state index in [1.807, 2.05) is 20.8 Å². The van der Waals surface area contributed by atoms with Gasteiger partial charge in [-0.05, 0) is 17.9 Å². The van der Waals surface area contributed by atoms with Crippen LogP contribution in [0.4, 0.5) is 0 Å². The predicted octanol–water partition coefficient (Wildman–Crippen LogP) is 1.96. The Bertz CT molecular complexity index is 569. The van der Waals surface area contributed by atoms with Crippen LogP contribution in [0.15, 0.2) is 18.5 Å². The molecule has 0 saturated carbocycles. The molecular formula is C15H18N2O4. The van der Waals surface area contributed by atoms with Gasteiger partial charge in [-0.1, -0.05) is 20.8 Å². The molecule has 1 aliphatic heterocycles. The van der Waals surface area contributed by atoms with Gasteiger partial charge in [-0.15, -0.1) is 0 Å². The molecule has 0 spiro atoms. The number of carboxylic acid groups (broad SMARTS) is 1. The van der Waals surface area contributed by atoms with Gasteiger partial charge in [0.15, 0.2) is 0 Å². The fourth-order valence-electron chi connectivity index (χ4n) is 2.60. The van der Waals surface area contributed by atoms with Gasteiger partial charge in [0.1, 0.15) is 0 Å². The summed E-state index contributed by atoms with van der Waals surface area (Å²) in [5.41, 5.74) is 0.333. The molecule has 0 aliphatic carbocycles. The zero-order chi connectivity index (χ0) is 15.8. The fourth-order valence-corrected chi connectivity index (χ4v) is 2.60. The van der Waals surface area contributed by atoms with Crippen molar-refractivity contribution < 1.29 is 19.5 Å². The van der Waals surface area contributed by atoms with E-state index in [1.54, 1.807) is 0 Å². The number of hydrogen-bond donors (Lipinski definition) is 1. The summed E-state index contributed by atoms with van der Waals surface area (Å²) in [5, 5.41) is 9.07. The number of aromatic nitrogens is 1. The van der Waals surface area contributed by atoms with Crippen LogP contribution in [-0.4, -0.2) is 38.8 Å². The number of carbonyl (C=O) groups excluding carboxylic acids is 2. The van der Waals surface area contributed by atoms with Gasteiger partial charge in [0.05, 0.1) is 23.6 Å². The van der Waals surface area contributed by atoms with Crippen LogP contribution in [0.2, 0.25) is 0 Å². The Labute approximate surface area is 122 Å². The van der Waals surface area contributed by atoms with Crippen LogP contribution in [0.3, 0.4) is 0 Å². The number of aliphatic carboxylic acids is 1. The number of carboxylic acids is 1. The van der Waals surface area contributed by atoms with Gasteiger partial charge < -0.3 is 5.11 Å². The maximum atomic E-state index is 12.4. The molecule has 1 atom stereocenters. The second kappa shape index (κ2) is 5.27. The minimum Gasteiger partial charge on any atom is -0.481 e. The molecule has 0 fully saturated rings. The Morgan fingerprint density at radius 1 is 1.29 bits per heavy atom. The highest BCUT2D eigenvalue weighted by molar-refractivity contribution is 6.21. The van der Waals surface area contributed by atoms with E-state index in [-0.39, 0.29) is 17.4 Å². The summed E-state index contributed by atoms with van der Waals surface area (Å²) in [6, 6.07) is 0.833. The molecule has 2 amide bonds. The Morgan fingerprint density at radius 2 is 1.90 bits per heavy atom. The zero-order valence-electron chi connectivity index (χ0n) is 12.3. The summed E-state index contributed by atoms with van der Waals surface area (Å²) in [4.78, 5) is 40.8. The van der Waals surface area contributed by atoms with Crippen LogP contribution in [0, 0.1) is 5.41 Å². The van der Waals surface area contributed by atoms with Gasteiger partial charge in [-0.3, -0.25) is 24.3 Å². The van der Waals surface area contributed by atoms with E-state index >= 15 is 0 Å². The van der Waals surface area contributed by atoms with Gasteiger partial charge in [0, 0.05) is 12.4 Å². The van der Waals surface area contributed by atoms with E-state index in [4.69, 9.17) is 5.11 Å². The summed E-state index contributed by atoms with van der Waals surface area (Å²) in [6.45, 7) is 5.84. The lowest BCUT2D eigenvalue weighted by Crippen LogP contribution is -2.43. The largest absolute Gasteiger partial charge is 0.481 e. The van der Waals surface area contributed by atoms with Crippen molar-refractivity contribution in [1.29, 1.82) is 0 Å². The van der Waals surface area contributed by atoms with Gasteiger partial charge in [0.2, 0.25) is 0 Å². The molecule has 6 heteroatoms. The molecular weight excluding hydrogens is 272 g/mol.